The molecule has 33 heavy (non-hydrogen) atoms. The van der Waals surface area contributed by atoms with Crippen molar-refractivity contribution in [3.8, 4) is 5.75 Å². The van der Waals surface area contributed by atoms with Gasteiger partial charge in [-0.3, -0.25) is 14.5 Å². The lowest BCUT2D eigenvalue weighted by atomic mass is 9.90. The summed E-state index contributed by atoms with van der Waals surface area (Å²) in [5.41, 5.74) is 3.27. The average Bonchev–Trinajstić information content (AvgIpc) is 2.84. The highest BCUT2D eigenvalue weighted by Crippen LogP contribution is 2.32. The number of nitrogens with zero attached hydrogens (tertiary/aromatic N) is 2. The molecule has 0 bridgehead atoms. The number of likely N-dealkylation sites (tertiary alicyclic amines) is 1. The van der Waals surface area contributed by atoms with Crippen LogP contribution in [0.15, 0.2) is 48.5 Å². The summed E-state index contributed by atoms with van der Waals surface area (Å²) in [4.78, 5) is 30.7. The highest BCUT2D eigenvalue weighted by atomic mass is 16.5. The molecular formula is C27H35N3O3. The maximum atomic E-state index is 13.7. The molecule has 2 heterocycles. The van der Waals surface area contributed by atoms with Crippen LogP contribution in [0.2, 0.25) is 0 Å². The molecule has 1 fully saturated rings. The molecule has 1 N–H and O–H groups in total. The van der Waals surface area contributed by atoms with Gasteiger partial charge in [-0.15, -0.1) is 0 Å². The molecule has 0 radical (unpaired) electrons. The van der Waals surface area contributed by atoms with E-state index in [0.717, 1.165) is 49.2 Å². The topological polar surface area (TPSA) is 61.9 Å². The largest absolute Gasteiger partial charge is 0.497 e. The zero-order valence-corrected chi connectivity index (χ0v) is 19.9. The second-order valence-electron chi connectivity index (χ2n) is 9.39. The van der Waals surface area contributed by atoms with Crippen LogP contribution < -0.4 is 10.1 Å². The van der Waals surface area contributed by atoms with Gasteiger partial charge in [-0.25, -0.2) is 0 Å². The van der Waals surface area contributed by atoms with E-state index in [1.807, 2.05) is 48.2 Å². The molecule has 1 saturated heterocycles. The molecule has 2 aromatic rings. The van der Waals surface area contributed by atoms with Crippen LogP contribution in [-0.4, -0.2) is 54.9 Å². The van der Waals surface area contributed by atoms with E-state index < -0.39 is 6.04 Å². The number of ether oxygens (including phenoxy) is 1. The lowest BCUT2D eigenvalue weighted by molar-refractivity contribution is -0.140. The summed E-state index contributed by atoms with van der Waals surface area (Å²) in [6.45, 7) is 6.72. The van der Waals surface area contributed by atoms with Crippen molar-refractivity contribution in [3.63, 3.8) is 0 Å². The van der Waals surface area contributed by atoms with Gasteiger partial charge in [0.05, 0.1) is 19.7 Å². The number of nitrogens with one attached hydrogen (secondary N) is 1. The first-order chi connectivity index (χ1) is 16.0. The van der Waals surface area contributed by atoms with Crippen molar-refractivity contribution in [1.82, 2.24) is 15.1 Å². The Kier molecular flexibility index (Phi) is 7.33. The smallest absolute Gasteiger partial charge is 0.244 e. The minimum Gasteiger partial charge on any atom is -0.497 e. The number of carbonyl (C=O) groups excluding carboxylic acids is 2. The molecule has 2 aliphatic heterocycles. The highest BCUT2D eigenvalue weighted by molar-refractivity contribution is 5.86. The third kappa shape index (κ3) is 5.38. The molecule has 176 valence electrons. The van der Waals surface area contributed by atoms with E-state index in [1.165, 1.54) is 5.56 Å². The molecule has 0 aromatic heterocycles. The van der Waals surface area contributed by atoms with Crippen molar-refractivity contribution in [3.05, 3.63) is 65.2 Å². The fraction of sp³-hybridized carbons (Fsp3) is 0.481. The third-order valence-corrected chi connectivity index (χ3v) is 7.05. The molecule has 2 aliphatic rings. The Morgan fingerprint density at radius 2 is 1.76 bits per heavy atom. The Morgan fingerprint density at radius 3 is 2.45 bits per heavy atom. The molecule has 0 spiro atoms. The van der Waals surface area contributed by atoms with Crippen LogP contribution in [0.25, 0.3) is 0 Å². The van der Waals surface area contributed by atoms with E-state index in [0.29, 0.717) is 12.5 Å². The summed E-state index contributed by atoms with van der Waals surface area (Å²) in [5, 5.41) is 3.10. The number of rotatable bonds is 6. The van der Waals surface area contributed by atoms with Crippen molar-refractivity contribution < 1.29 is 14.3 Å². The molecule has 2 aromatic carbocycles. The quantitative estimate of drug-likeness (QED) is 0.730. The van der Waals surface area contributed by atoms with Gasteiger partial charge in [0.15, 0.2) is 0 Å². The molecule has 0 aliphatic carbocycles. The Balaban J connectivity index is 1.47. The van der Waals surface area contributed by atoms with Crippen LogP contribution in [0.3, 0.4) is 0 Å². The second-order valence-corrected chi connectivity index (χ2v) is 9.39. The Labute approximate surface area is 196 Å². The van der Waals surface area contributed by atoms with Gasteiger partial charge < -0.3 is 15.0 Å². The van der Waals surface area contributed by atoms with Gasteiger partial charge in [-0.2, -0.15) is 0 Å². The number of piperidine rings is 1. The fourth-order valence-corrected chi connectivity index (χ4v) is 4.93. The minimum absolute atomic E-state index is 0.0669. The summed E-state index contributed by atoms with van der Waals surface area (Å²) < 4.78 is 5.22. The van der Waals surface area contributed by atoms with Gasteiger partial charge in [-0.1, -0.05) is 43.3 Å². The van der Waals surface area contributed by atoms with Gasteiger partial charge in [0.2, 0.25) is 11.8 Å². The van der Waals surface area contributed by atoms with E-state index in [1.54, 1.807) is 7.11 Å². The number of carbonyl (C=O) groups is 2. The van der Waals surface area contributed by atoms with Crippen LogP contribution >= 0.6 is 0 Å². The first-order valence-electron chi connectivity index (χ1n) is 12.0. The average molecular weight is 450 g/mol. The summed E-state index contributed by atoms with van der Waals surface area (Å²) >= 11 is 0. The Hall–Kier alpha value is -2.86. The third-order valence-electron chi connectivity index (χ3n) is 7.05. The van der Waals surface area contributed by atoms with Crippen molar-refractivity contribution >= 4 is 11.8 Å². The second kappa shape index (κ2) is 10.4. The summed E-state index contributed by atoms with van der Waals surface area (Å²) in [6.07, 6.45) is 2.93. The van der Waals surface area contributed by atoms with Crippen molar-refractivity contribution in [2.45, 2.75) is 45.2 Å². The van der Waals surface area contributed by atoms with E-state index in [2.05, 4.69) is 29.3 Å². The van der Waals surface area contributed by atoms with Crippen LogP contribution in [0.5, 0.6) is 5.75 Å². The number of methoxy groups -OCH3 is 1. The van der Waals surface area contributed by atoms with Gasteiger partial charge in [0.25, 0.3) is 0 Å². The van der Waals surface area contributed by atoms with Crippen LogP contribution in [-0.2, 0) is 16.0 Å². The van der Waals surface area contributed by atoms with Gasteiger partial charge in [0, 0.05) is 19.6 Å². The predicted molar refractivity (Wildman–Crippen MR) is 129 cm³/mol. The van der Waals surface area contributed by atoms with E-state index in [-0.39, 0.29) is 24.4 Å². The molecule has 6 nitrogen and oxygen atoms in total. The maximum absolute atomic E-state index is 13.7. The molecule has 6 heteroatoms. The van der Waals surface area contributed by atoms with Crippen molar-refractivity contribution in [2.75, 3.05) is 33.3 Å². The van der Waals surface area contributed by atoms with Crippen LogP contribution in [0, 0.1) is 5.92 Å². The Bertz CT molecular complexity index is 967. The molecule has 4 rings (SSSR count). The first kappa shape index (κ1) is 23.3. The van der Waals surface area contributed by atoms with Crippen molar-refractivity contribution in [2.24, 2.45) is 5.92 Å². The molecule has 2 atom stereocenters. The number of hydrogen-bond donors (Lipinski definition) is 1. The minimum atomic E-state index is -0.398. The van der Waals surface area contributed by atoms with Gasteiger partial charge in [-0.05, 0) is 60.9 Å². The normalized spacial score (nSPS) is 20.1. The zero-order valence-electron chi connectivity index (χ0n) is 19.9. The van der Waals surface area contributed by atoms with E-state index in [4.69, 9.17) is 4.74 Å². The fourth-order valence-electron chi connectivity index (χ4n) is 4.93. The monoisotopic (exact) mass is 449 g/mol. The molecule has 2 amide bonds. The van der Waals surface area contributed by atoms with Gasteiger partial charge in [0.1, 0.15) is 11.8 Å². The summed E-state index contributed by atoms with van der Waals surface area (Å²) in [7, 11) is 1.64. The summed E-state index contributed by atoms with van der Waals surface area (Å²) in [6, 6.07) is 15.4. The molecule has 0 saturated carbocycles. The number of amides is 2. The van der Waals surface area contributed by atoms with Crippen molar-refractivity contribution in [1.29, 1.82) is 0 Å². The van der Waals surface area contributed by atoms with E-state index in [9.17, 15) is 9.59 Å². The lowest BCUT2D eigenvalue weighted by Gasteiger charge is -2.40. The van der Waals surface area contributed by atoms with E-state index >= 15 is 0 Å². The summed E-state index contributed by atoms with van der Waals surface area (Å²) in [5.74, 6) is 1.51. The van der Waals surface area contributed by atoms with Crippen LogP contribution in [0.1, 0.15) is 55.5 Å². The number of hydrogen-bond acceptors (Lipinski definition) is 4. The lowest BCUT2D eigenvalue weighted by Crippen LogP contribution is -2.50. The predicted octanol–water partition coefficient (Wildman–Crippen LogP) is 3.73. The number of benzene rings is 2. The SMILES string of the molecule is COc1ccc([C@@H](C)NC(=O)CN2CCc3ccccc3[C@@H]2C(=O)N2CCC(C)CC2)cc1. The molecule has 0 unspecified atom stereocenters. The molecular weight excluding hydrogens is 414 g/mol. The standard InChI is InChI=1S/C27H35N3O3/c1-19-12-15-29(16-13-19)27(32)26-24-7-5-4-6-22(24)14-17-30(26)18-25(31)28-20(2)21-8-10-23(33-3)11-9-21/h4-11,19-20,26H,12-18H2,1-3H3,(H,28,31)/t20-,26-/m1/s1. The number of fused-ring (bicyclic) bond motifs is 1. The highest BCUT2D eigenvalue weighted by Gasteiger charge is 2.37. The Morgan fingerprint density at radius 1 is 1.06 bits per heavy atom. The maximum Gasteiger partial charge on any atom is 0.244 e. The zero-order chi connectivity index (χ0) is 23.4. The van der Waals surface area contributed by atoms with Gasteiger partial charge >= 0.3 is 0 Å². The van der Waals surface area contributed by atoms with Crippen LogP contribution in [0.4, 0.5) is 0 Å². The first-order valence-corrected chi connectivity index (χ1v) is 12.0.